The molecule has 0 saturated heterocycles. The SMILES string of the molecule is CC(NC(=O)OCC1c2ccccc2-c2ccccc21)C(=O)NCc1cc(C(=O)O)no1. The number of alkyl carbamates (subject to hydrolysis) is 1. The number of aromatic nitrogens is 1. The molecule has 0 saturated carbocycles. The van der Waals surface area contributed by atoms with Crippen molar-refractivity contribution in [3.8, 4) is 11.1 Å². The van der Waals surface area contributed by atoms with Crippen molar-refractivity contribution in [1.29, 1.82) is 0 Å². The first kappa shape index (κ1) is 21.1. The summed E-state index contributed by atoms with van der Waals surface area (Å²) in [6.07, 6.45) is -0.706. The Labute approximate surface area is 183 Å². The minimum atomic E-state index is -1.23. The smallest absolute Gasteiger partial charge is 0.407 e. The summed E-state index contributed by atoms with van der Waals surface area (Å²) in [4.78, 5) is 35.3. The standard InChI is InChI=1S/C23H21N3O6/c1-13(21(27)24-11-14-10-20(22(28)29)26-32-14)25-23(30)31-12-19-17-8-4-2-6-15(17)16-7-3-5-9-18(16)19/h2-10,13,19H,11-12H2,1H3,(H,24,27)(H,25,30)(H,28,29). The minimum Gasteiger partial charge on any atom is -0.476 e. The number of hydrogen-bond acceptors (Lipinski definition) is 6. The predicted octanol–water partition coefficient (Wildman–Crippen LogP) is 2.92. The van der Waals surface area contributed by atoms with Gasteiger partial charge in [0.2, 0.25) is 5.91 Å². The number of fused-ring (bicyclic) bond motifs is 3. The molecule has 3 N–H and O–H groups in total. The summed E-state index contributed by atoms with van der Waals surface area (Å²) >= 11 is 0. The van der Waals surface area contributed by atoms with E-state index in [0.717, 1.165) is 22.3 Å². The molecule has 0 radical (unpaired) electrons. The minimum absolute atomic E-state index is 0.0597. The highest BCUT2D eigenvalue weighted by Crippen LogP contribution is 2.44. The molecule has 164 valence electrons. The number of carboxylic acid groups (broad SMARTS) is 1. The fraction of sp³-hybridized carbons (Fsp3) is 0.217. The maximum Gasteiger partial charge on any atom is 0.407 e. The number of ether oxygens (including phenoxy) is 1. The number of carbonyl (C=O) groups is 3. The second-order valence-corrected chi connectivity index (χ2v) is 7.39. The third-order valence-corrected chi connectivity index (χ3v) is 5.29. The molecule has 3 aromatic rings. The third kappa shape index (κ3) is 4.31. The number of benzene rings is 2. The molecule has 9 nitrogen and oxygen atoms in total. The van der Waals surface area contributed by atoms with Crippen LogP contribution in [0.4, 0.5) is 4.79 Å². The van der Waals surface area contributed by atoms with Crippen molar-refractivity contribution in [3.63, 3.8) is 0 Å². The normalized spacial score (nSPS) is 13.0. The maximum atomic E-state index is 12.3. The number of aromatic carboxylic acids is 1. The molecule has 9 heteroatoms. The van der Waals surface area contributed by atoms with Crippen LogP contribution in [-0.2, 0) is 16.1 Å². The van der Waals surface area contributed by atoms with E-state index in [1.165, 1.54) is 13.0 Å². The van der Waals surface area contributed by atoms with E-state index in [-0.39, 0.29) is 30.5 Å². The summed E-state index contributed by atoms with van der Waals surface area (Å²) in [7, 11) is 0. The van der Waals surface area contributed by atoms with Crippen molar-refractivity contribution in [2.75, 3.05) is 6.61 Å². The zero-order valence-electron chi connectivity index (χ0n) is 17.2. The average Bonchev–Trinajstić information content (AvgIpc) is 3.39. The third-order valence-electron chi connectivity index (χ3n) is 5.29. The molecule has 1 aromatic heterocycles. The lowest BCUT2D eigenvalue weighted by atomic mass is 9.98. The summed E-state index contributed by atoms with van der Waals surface area (Å²) in [6.45, 7) is 1.60. The van der Waals surface area contributed by atoms with E-state index in [2.05, 4.69) is 27.9 Å². The van der Waals surface area contributed by atoms with Gasteiger partial charge in [0.1, 0.15) is 12.6 Å². The van der Waals surface area contributed by atoms with Crippen molar-refractivity contribution in [3.05, 3.63) is 77.2 Å². The van der Waals surface area contributed by atoms with E-state index in [4.69, 9.17) is 14.4 Å². The van der Waals surface area contributed by atoms with Crippen molar-refractivity contribution in [2.45, 2.75) is 25.4 Å². The van der Waals surface area contributed by atoms with Crippen LogP contribution in [0.2, 0.25) is 0 Å². The second kappa shape index (κ2) is 8.93. The van der Waals surface area contributed by atoms with E-state index >= 15 is 0 Å². The van der Waals surface area contributed by atoms with Crippen LogP contribution >= 0.6 is 0 Å². The topological polar surface area (TPSA) is 131 Å². The highest BCUT2D eigenvalue weighted by atomic mass is 16.5. The van der Waals surface area contributed by atoms with E-state index in [1.54, 1.807) is 0 Å². The van der Waals surface area contributed by atoms with Crippen LogP contribution < -0.4 is 10.6 Å². The van der Waals surface area contributed by atoms with Gasteiger partial charge in [0.25, 0.3) is 0 Å². The van der Waals surface area contributed by atoms with Crippen LogP contribution in [0.1, 0.15) is 40.2 Å². The number of hydrogen-bond donors (Lipinski definition) is 3. The van der Waals surface area contributed by atoms with Crippen molar-refractivity contribution >= 4 is 18.0 Å². The molecule has 2 aromatic carbocycles. The van der Waals surface area contributed by atoms with E-state index < -0.39 is 24.0 Å². The highest BCUT2D eigenvalue weighted by Gasteiger charge is 2.29. The van der Waals surface area contributed by atoms with E-state index in [9.17, 15) is 14.4 Å². The molecule has 32 heavy (non-hydrogen) atoms. The number of nitrogens with zero attached hydrogens (tertiary/aromatic N) is 1. The molecule has 1 aliphatic rings. The maximum absolute atomic E-state index is 12.3. The zero-order valence-corrected chi connectivity index (χ0v) is 17.2. The Morgan fingerprint density at radius 2 is 1.72 bits per heavy atom. The van der Waals surface area contributed by atoms with E-state index in [0.29, 0.717) is 0 Å². The number of amides is 2. The van der Waals surface area contributed by atoms with Crippen molar-refractivity contribution in [1.82, 2.24) is 15.8 Å². The van der Waals surface area contributed by atoms with Gasteiger partial charge in [0.05, 0.1) is 6.54 Å². The molecule has 1 aliphatic carbocycles. The van der Waals surface area contributed by atoms with Gasteiger partial charge in [-0.05, 0) is 29.2 Å². The first-order valence-electron chi connectivity index (χ1n) is 10.0. The van der Waals surface area contributed by atoms with Gasteiger partial charge in [-0.2, -0.15) is 0 Å². The molecular formula is C23H21N3O6. The molecule has 1 atom stereocenters. The van der Waals surface area contributed by atoms with Crippen molar-refractivity contribution in [2.24, 2.45) is 0 Å². The Hall–Kier alpha value is -4.14. The van der Waals surface area contributed by atoms with Gasteiger partial charge in [-0.15, -0.1) is 0 Å². The average molecular weight is 435 g/mol. The zero-order chi connectivity index (χ0) is 22.7. The molecule has 1 heterocycles. The lowest BCUT2D eigenvalue weighted by Crippen LogP contribution is -2.44. The van der Waals surface area contributed by atoms with Crippen molar-refractivity contribution < 1.29 is 28.8 Å². The number of carboxylic acids is 1. The largest absolute Gasteiger partial charge is 0.476 e. The van der Waals surface area contributed by atoms with Gasteiger partial charge >= 0.3 is 12.1 Å². The Kier molecular flexibility index (Phi) is 5.89. The summed E-state index contributed by atoms with van der Waals surface area (Å²) in [6, 6.07) is 16.4. The molecule has 4 rings (SSSR count). The van der Waals surface area contributed by atoms with Gasteiger partial charge in [0, 0.05) is 12.0 Å². The Bertz CT molecular complexity index is 1130. The summed E-state index contributed by atoms with van der Waals surface area (Å²) in [5, 5.41) is 17.2. The Morgan fingerprint density at radius 1 is 1.09 bits per heavy atom. The molecule has 2 amide bonds. The quantitative estimate of drug-likeness (QED) is 0.520. The number of nitrogens with one attached hydrogen (secondary N) is 2. The van der Waals surface area contributed by atoms with Crippen LogP contribution in [0.3, 0.4) is 0 Å². The van der Waals surface area contributed by atoms with Gasteiger partial charge in [0.15, 0.2) is 11.5 Å². The van der Waals surface area contributed by atoms with Gasteiger partial charge < -0.3 is 25.0 Å². The van der Waals surface area contributed by atoms with Gasteiger partial charge in [-0.1, -0.05) is 53.7 Å². The monoisotopic (exact) mass is 435 g/mol. The molecule has 1 unspecified atom stereocenters. The van der Waals surface area contributed by atoms with Crippen LogP contribution in [-0.4, -0.2) is 40.9 Å². The lowest BCUT2D eigenvalue weighted by Gasteiger charge is -2.17. The molecule has 0 fully saturated rings. The van der Waals surface area contributed by atoms with Crippen LogP contribution in [0, 0.1) is 0 Å². The Morgan fingerprint density at radius 3 is 2.31 bits per heavy atom. The lowest BCUT2D eigenvalue weighted by molar-refractivity contribution is -0.122. The fourth-order valence-electron chi connectivity index (χ4n) is 3.71. The van der Waals surface area contributed by atoms with Crippen LogP contribution in [0.15, 0.2) is 59.1 Å². The highest BCUT2D eigenvalue weighted by molar-refractivity contribution is 5.86. The van der Waals surface area contributed by atoms with Gasteiger partial charge in [-0.3, -0.25) is 4.79 Å². The molecule has 0 spiro atoms. The molecule has 0 aliphatic heterocycles. The molecule has 0 bridgehead atoms. The van der Waals surface area contributed by atoms with Gasteiger partial charge in [-0.25, -0.2) is 9.59 Å². The second-order valence-electron chi connectivity index (χ2n) is 7.39. The first-order chi connectivity index (χ1) is 15.4. The predicted molar refractivity (Wildman–Crippen MR) is 113 cm³/mol. The van der Waals surface area contributed by atoms with Crippen LogP contribution in [0.5, 0.6) is 0 Å². The summed E-state index contributed by atoms with van der Waals surface area (Å²) in [5.74, 6) is -1.60. The fourth-order valence-corrected chi connectivity index (χ4v) is 3.71. The molecular weight excluding hydrogens is 414 g/mol. The number of carbonyl (C=O) groups excluding carboxylic acids is 2. The van der Waals surface area contributed by atoms with Crippen LogP contribution in [0.25, 0.3) is 11.1 Å². The number of rotatable bonds is 7. The summed E-state index contributed by atoms with van der Waals surface area (Å²) < 4.78 is 10.3. The first-order valence-corrected chi connectivity index (χ1v) is 10.0. The van der Waals surface area contributed by atoms with E-state index in [1.807, 2.05) is 36.4 Å². The Balaban J connectivity index is 1.30. The summed E-state index contributed by atoms with van der Waals surface area (Å²) in [5.41, 5.74) is 4.20.